The molecule has 1 aromatic carbocycles. The molecule has 0 aliphatic rings. The van der Waals surface area contributed by atoms with Gasteiger partial charge in [0.1, 0.15) is 11.6 Å². The van der Waals surface area contributed by atoms with Crippen LogP contribution >= 0.6 is 0 Å². The summed E-state index contributed by atoms with van der Waals surface area (Å²) >= 11 is 0. The zero-order valence-electron chi connectivity index (χ0n) is 11.3. The lowest BCUT2D eigenvalue weighted by Crippen LogP contribution is -2.11. The smallest absolute Gasteiger partial charge is 0.322 e. The van der Waals surface area contributed by atoms with E-state index < -0.39 is 11.6 Å². The van der Waals surface area contributed by atoms with Crippen LogP contribution in [-0.2, 0) is 0 Å². The van der Waals surface area contributed by atoms with Crippen LogP contribution in [0, 0.1) is 18.6 Å². The van der Waals surface area contributed by atoms with Gasteiger partial charge in [-0.1, -0.05) is 6.07 Å². The largest absolute Gasteiger partial charge is 0.461 e. The van der Waals surface area contributed by atoms with E-state index in [0.717, 1.165) is 6.07 Å². The van der Waals surface area contributed by atoms with E-state index in [-0.39, 0.29) is 35.0 Å². The molecule has 2 rings (SSSR count). The van der Waals surface area contributed by atoms with E-state index in [1.807, 2.05) is 0 Å². The second-order valence-electron chi connectivity index (χ2n) is 4.52. The summed E-state index contributed by atoms with van der Waals surface area (Å²) in [5.41, 5.74) is 5.47. The molecule has 0 bridgehead atoms. The summed E-state index contributed by atoms with van der Waals surface area (Å²) in [5.74, 6) is -1.85. The number of aryl methyl sites for hydroxylation is 1. The molecule has 2 aromatic rings. The SMILES string of the molecule is Cc1ccc(F)c(-c2nc(N)nc(OC(C)C)n2)c1F. The Kier molecular flexibility index (Phi) is 3.78. The summed E-state index contributed by atoms with van der Waals surface area (Å²) in [6.07, 6.45) is -0.197. The molecule has 0 spiro atoms. The van der Waals surface area contributed by atoms with Crippen molar-refractivity contribution in [2.75, 3.05) is 5.73 Å². The molecule has 5 nitrogen and oxygen atoms in total. The van der Waals surface area contributed by atoms with Gasteiger partial charge in [0.05, 0.1) is 11.7 Å². The highest BCUT2D eigenvalue weighted by atomic mass is 19.1. The minimum atomic E-state index is -0.769. The van der Waals surface area contributed by atoms with E-state index >= 15 is 0 Å². The Balaban J connectivity index is 2.58. The van der Waals surface area contributed by atoms with E-state index in [1.165, 1.54) is 13.0 Å². The Hall–Kier alpha value is -2.31. The lowest BCUT2D eigenvalue weighted by molar-refractivity contribution is 0.222. The van der Waals surface area contributed by atoms with E-state index in [1.54, 1.807) is 13.8 Å². The first-order valence-electron chi connectivity index (χ1n) is 6.01. The van der Waals surface area contributed by atoms with Gasteiger partial charge in [-0.2, -0.15) is 15.0 Å². The van der Waals surface area contributed by atoms with Gasteiger partial charge in [-0.05, 0) is 32.4 Å². The van der Waals surface area contributed by atoms with Crippen LogP contribution in [0.1, 0.15) is 19.4 Å². The van der Waals surface area contributed by atoms with Gasteiger partial charge in [0.15, 0.2) is 5.82 Å². The summed E-state index contributed by atoms with van der Waals surface area (Å²) in [5, 5.41) is 0. The van der Waals surface area contributed by atoms with Crippen LogP contribution in [0.15, 0.2) is 12.1 Å². The van der Waals surface area contributed by atoms with E-state index in [4.69, 9.17) is 10.5 Å². The second-order valence-corrected chi connectivity index (χ2v) is 4.52. The van der Waals surface area contributed by atoms with Crippen molar-refractivity contribution in [1.82, 2.24) is 15.0 Å². The molecule has 1 heterocycles. The van der Waals surface area contributed by atoms with Crippen LogP contribution in [0.2, 0.25) is 0 Å². The van der Waals surface area contributed by atoms with Crippen molar-refractivity contribution >= 4 is 5.95 Å². The number of nitrogen functional groups attached to an aromatic ring is 1. The maximum Gasteiger partial charge on any atom is 0.322 e. The summed E-state index contributed by atoms with van der Waals surface area (Å²) < 4.78 is 33.2. The van der Waals surface area contributed by atoms with E-state index in [0.29, 0.717) is 0 Å². The second kappa shape index (κ2) is 5.36. The zero-order valence-corrected chi connectivity index (χ0v) is 11.3. The van der Waals surface area contributed by atoms with Crippen LogP contribution in [0.4, 0.5) is 14.7 Å². The van der Waals surface area contributed by atoms with Crippen LogP contribution in [0.3, 0.4) is 0 Å². The molecule has 0 saturated carbocycles. The number of halogens is 2. The van der Waals surface area contributed by atoms with Gasteiger partial charge in [0.2, 0.25) is 5.95 Å². The fourth-order valence-corrected chi connectivity index (χ4v) is 1.61. The summed E-state index contributed by atoms with van der Waals surface area (Å²) in [6, 6.07) is 2.42. The molecule has 0 aliphatic heterocycles. The number of ether oxygens (including phenoxy) is 1. The van der Waals surface area contributed by atoms with Crippen LogP contribution in [0.25, 0.3) is 11.4 Å². The molecule has 1 aromatic heterocycles. The van der Waals surface area contributed by atoms with Gasteiger partial charge in [0, 0.05) is 0 Å². The Bertz CT molecular complexity index is 647. The van der Waals surface area contributed by atoms with Crippen molar-refractivity contribution in [2.45, 2.75) is 26.9 Å². The highest BCUT2D eigenvalue weighted by molar-refractivity contribution is 5.59. The van der Waals surface area contributed by atoms with Gasteiger partial charge in [-0.25, -0.2) is 8.78 Å². The average Bonchev–Trinajstić information content (AvgIpc) is 2.33. The molecule has 0 fully saturated rings. The topological polar surface area (TPSA) is 73.9 Å². The molecule has 0 radical (unpaired) electrons. The molecular formula is C13H14F2N4O. The summed E-state index contributed by atoms with van der Waals surface area (Å²) in [7, 11) is 0. The Morgan fingerprint density at radius 1 is 1.15 bits per heavy atom. The Morgan fingerprint density at radius 3 is 2.50 bits per heavy atom. The zero-order chi connectivity index (χ0) is 14.9. The van der Waals surface area contributed by atoms with Crippen molar-refractivity contribution in [2.24, 2.45) is 0 Å². The first kappa shape index (κ1) is 14.1. The fourth-order valence-electron chi connectivity index (χ4n) is 1.61. The Morgan fingerprint density at radius 2 is 1.85 bits per heavy atom. The number of nitrogens with zero attached hydrogens (tertiary/aromatic N) is 3. The van der Waals surface area contributed by atoms with Crippen molar-refractivity contribution < 1.29 is 13.5 Å². The van der Waals surface area contributed by atoms with Crippen molar-refractivity contribution in [3.8, 4) is 17.4 Å². The quantitative estimate of drug-likeness (QED) is 0.935. The molecule has 2 N–H and O–H groups in total. The molecule has 106 valence electrons. The van der Waals surface area contributed by atoms with E-state index in [2.05, 4.69) is 15.0 Å². The maximum atomic E-state index is 14.1. The molecule has 0 aliphatic carbocycles. The third-order valence-electron chi connectivity index (χ3n) is 2.48. The van der Waals surface area contributed by atoms with Gasteiger partial charge >= 0.3 is 6.01 Å². The number of anilines is 1. The highest BCUT2D eigenvalue weighted by Gasteiger charge is 2.18. The molecular weight excluding hydrogens is 266 g/mol. The van der Waals surface area contributed by atoms with Gasteiger partial charge in [0.25, 0.3) is 0 Å². The minimum Gasteiger partial charge on any atom is -0.461 e. The Labute approximate surface area is 114 Å². The number of benzene rings is 1. The molecule has 0 atom stereocenters. The standard InChI is InChI=1S/C13H14F2N4O/c1-6(2)20-13-18-11(17-12(16)19-13)9-8(14)5-4-7(3)10(9)15/h4-6H,1-3H3,(H2,16,17,18,19). The van der Waals surface area contributed by atoms with Gasteiger partial charge in [-0.15, -0.1) is 0 Å². The third-order valence-corrected chi connectivity index (χ3v) is 2.48. The molecule has 0 unspecified atom stereocenters. The number of rotatable bonds is 3. The fraction of sp³-hybridized carbons (Fsp3) is 0.308. The molecule has 0 saturated heterocycles. The number of hydrogen-bond donors (Lipinski definition) is 1. The van der Waals surface area contributed by atoms with Crippen molar-refractivity contribution in [3.63, 3.8) is 0 Å². The normalized spacial score (nSPS) is 10.9. The first-order chi connectivity index (χ1) is 9.38. The van der Waals surface area contributed by atoms with Crippen molar-refractivity contribution in [1.29, 1.82) is 0 Å². The van der Waals surface area contributed by atoms with E-state index in [9.17, 15) is 8.78 Å². The molecule has 20 heavy (non-hydrogen) atoms. The predicted molar refractivity (Wildman–Crippen MR) is 70.1 cm³/mol. The van der Waals surface area contributed by atoms with Gasteiger partial charge < -0.3 is 10.5 Å². The average molecular weight is 280 g/mol. The van der Waals surface area contributed by atoms with Crippen LogP contribution in [0.5, 0.6) is 6.01 Å². The highest BCUT2D eigenvalue weighted by Crippen LogP contribution is 2.26. The number of nitrogens with two attached hydrogens (primary N) is 1. The lowest BCUT2D eigenvalue weighted by Gasteiger charge is -2.10. The van der Waals surface area contributed by atoms with Crippen LogP contribution < -0.4 is 10.5 Å². The van der Waals surface area contributed by atoms with Crippen LogP contribution in [-0.4, -0.2) is 21.1 Å². The third kappa shape index (κ3) is 2.81. The predicted octanol–water partition coefficient (Wildman–Crippen LogP) is 2.49. The van der Waals surface area contributed by atoms with Gasteiger partial charge in [-0.3, -0.25) is 0 Å². The lowest BCUT2D eigenvalue weighted by atomic mass is 10.1. The molecule has 7 heteroatoms. The summed E-state index contributed by atoms with van der Waals surface area (Å²) in [4.78, 5) is 11.4. The maximum absolute atomic E-state index is 14.1. The first-order valence-corrected chi connectivity index (χ1v) is 6.01. The number of hydrogen-bond acceptors (Lipinski definition) is 5. The van der Waals surface area contributed by atoms with Crippen molar-refractivity contribution in [3.05, 3.63) is 29.3 Å². The number of aromatic nitrogens is 3. The summed E-state index contributed by atoms with van der Waals surface area (Å²) in [6.45, 7) is 5.06. The molecule has 0 amide bonds. The minimum absolute atomic E-state index is 0.0668. The monoisotopic (exact) mass is 280 g/mol.